The molecule has 0 radical (unpaired) electrons. The Kier molecular flexibility index (Phi) is 4.99. The summed E-state index contributed by atoms with van der Waals surface area (Å²) in [6.07, 6.45) is 1.83. The molecule has 0 bridgehead atoms. The molecule has 2 heterocycles. The van der Waals surface area contributed by atoms with Gasteiger partial charge in [0.05, 0.1) is 5.92 Å². The first-order chi connectivity index (χ1) is 11.8. The van der Waals surface area contributed by atoms with E-state index in [0.29, 0.717) is 35.6 Å². The Labute approximate surface area is 152 Å². The summed E-state index contributed by atoms with van der Waals surface area (Å²) in [5.41, 5.74) is -0.972. The van der Waals surface area contributed by atoms with Crippen LogP contribution in [0.15, 0.2) is 28.8 Å². The Morgan fingerprint density at radius 1 is 1.36 bits per heavy atom. The minimum absolute atomic E-state index is 0.0524. The Bertz CT molecular complexity index is 742. The minimum atomic E-state index is -0.972. The molecule has 134 valence electrons. The molecule has 3 rings (SSSR count). The highest BCUT2D eigenvalue weighted by Gasteiger charge is 2.37. The van der Waals surface area contributed by atoms with Crippen molar-refractivity contribution in [3.05, 3.63) is 41.0 Å². The van der Waals surface area contributed by atoms with Gasteiger partial charge in [0.25, 0.3) is 5.91 Å². The monoisotopic (exact) mass is 363 g/mol. The summed E-state index contributed by atoms with van der Waals surface area (Å²) in [5, 5.41) is 4.48. The quantitative estimate of drug-likeness (QED) is 0.830. The van der Waals surface area contributed by atoms with Crippen LogP contribution < -0.4 is 4.74 Å². The lowest BCUT2D eigenvalue weighted by Crippen LogP contribution is -2.51. The van der Waals surface area contributed by atoms with Crippen LogP contribution in [-0.4, -0.2) is 39.6 Å². The molecule has 2 aromatic rings. The number of carbonyl (C=O) groups excluding carboxylic acids is 1. The number of piperidine rings is 1. The van der Waals surface area contributed by atoms with Gasteiger partial charge in [0.15, 0.2) is 11.4 Å². The van der Waals surface area contributed by atoms with Gasteiger partial charge in [-0.05, 0) is 57.9 Å². The van der Waals surface area contributed by atoms with Crippen molar-refractivity contribution in [2.24, 2.45) is 0 Å². The van der Waals surface area contributed by atoms with Crippen molar-refractivity contribution in [2.45, 2.75) is 45.1 Å². The third-order valence-corrected chi connectivity index (χ3v) is 4.55. The van der Waals surface area contributed by atoms with Crippen molar-refractivity contribution in [1.82, 2.24) is 15.0 Å². The number of hydrogen-bond acceptors (Lipinski definition) is 5. The molecule has 1 amide bonds. The zero-order valence-electron chi connectivity index (χ0n) is 14.7. The Hall–Kier alpha value is -2.08. The van der Waals surface area contributed by atoms with Crippen LogP contribution in [0.5, 0.6) is 5.75 Å². The molecule has 0 N–H and O–H groups in total. The molecule has 1 aliphatic heterocycles. The van der Waals surface area contributed by atoms with Gasteiger partial charge in [-0.15, -0.1) is 0 Å². The fourth-order valence-electron chi connectivity index (χ4n) is 3.06. The van der Waals surface area contributed by atoms with Crippen molar-refractivity contribution >= 4 is 17.5 Å². The molecule has 1 aliphatic rings. The van der Waals surface area contributed by atoms with Gasteiger partial charge in [-0.3, -0.25) is 4.79 Å². The van der Waals surface area contributed by atoms with E-state index < -0.39 is 5.60 Å². The van der Waals surface area contributed by atoms with E-state index in [0.717, 1.165) is 12.8 Å². The van der Waals surface area contributed by atoms with Crippen LogP contribution in [0.4, 0.5) is 0 Å². The number of carbonyl (C=O) groups is 1. The number of rotatable bonds is 4. The molecule has 0 aliphatic carbocycles. The molecule has 0 spiro atoms. The third-order valence-electron chi connectivity index (χ3n) is 4.30. The maximum absolute atomic E-state index is 13.0. The standard InChI is InChI=1S/C18H22ClN3O3/c1-12-20-16(25-21-12)13-5-4-10-22(11-13)17(23)18(2,3)24-15-8-6-14(19)7-9-15/h6-9,13H,4-5,10-11H2,1-3H3/t13-/m0/s1. The first-order valence-electron chi connectivity index (χ1n) is 8.39. The molecule has 0 saturated carbocycles. The Morgan fingerprint density at radius 3 is 2.72 bits per heavy atom. The van der Waals surface area contributed by atoms with Gasteiger partial charge >= 0.3 is 0 Å². The van der Waals surface area contributed by atoms with E-state index in [-0.39, 0.29) is 11.8 Å². The average molecular weight is 364 g/mol. The van der Waals surface area contributed by atoms with Crippen molar-refractivity contribution in [2.75, 3.05) is 13.1 Å². The lowest BCUT2D eigenvalue weighted by atomic mass is 9.96. The maximum atomic E-state index is 13.0. The van der Waals surface area contributed by atoms with E-state index in [2.05, 4.69) is 10.1 Å². The summed E-state index contributed by atoms with van der Waals surface area (Å²) in [6.45, 7) is 6.63. The second-order valence-corrected chi connectivity index (χ2v) is 7.27. The minimum Gasteiger partial charge on any atom is -0.478 e. The molecule has 1 aromatic carbocycles. The zero-order valence-corrected chi connectivity index (χ0v) is 15.4. The van der Waals surface area contributed by atoms with Gasteiger partial charge in [-0.25, -0.2) is 0 Å². The zero-order chi connectivity index (χ0) is 18.0. The molecule has 1 aromatic heterocycles. The predicted octanol–water partition coefficient (Wildman–Crippen LogP) is 3.60. The van der Waals surface area contributed by atoms with E-state index in [9.17, 15) is 4.79 Å². The number of aryl methyl sites for hydroxylation is 1. The highest BCUT2D eigenvalue weighted by Crippen LogP contribution is 2.29. The van der Waals surface area contributed by atoms with Crippen LogP contribution in [0, 0.1) is 6.92 Å². The summed E-state index contributed by atoms with van der Waals surface area (Å²) < 4.78 is 11.2. The van der Waals surface area contributed by atoms with E-state index in [1.807, 2.05) is 4.90 Å². The Balaban J connectivity index is 1.69. The normalized spacial score (nSPS) is 18.2. The molecule has 6 nitrogen and oxygen atoms in total. The number of ether oxygens (including phenoxy) is 1. The second-order valence-electron chi connectivity index (χ2n) is 6.84. The topological polar surface area (TPSA) is 68.5 Å². The molecule has 1 saturated heterocycles. The van der Waals surface area contributed by atoms with Gasteiger partial charge in [0.1, 0.15) is 5.75 Å². The number of aromatic nitrogens is 2. The number of hydrogen-bond donors (Lipinski definition) is 0. The molecule has 0 unspecified atom stereocenters. The molecule has 7 heteroatoms. The lowest BCUT2D eigenvalue weighted by Gasteiger charge is -2.36. The van der Waals surface area contributed by atoms with Crippen molar-refractivity contribution in [3.63, 3.8) is 0 Å². The molecular weight excluding hydrogens is 342 g/mol. The van der Waals surface area contributed by atoms with E-state index >= 15 is 0 Å². The van der Waals surface area contributed by atoms with Gasteiger partial charge in [0.2, 0.25) is 5.89 Å². The third kappa shape index (κ3) is 4.12. The molecule has 1 fully saturated rings. The molecular formula is C18H22ClN3O3. The lowest BCUT2D eigenvalue weighted by molar-refractivity contribution is -0.146. The summed E-state index contributed by atoms with van der Waals surface area (Å²) in [7, 11) is 0. The smallest absolute Gasteiger partial charge is 0.266 e. The first kappa shape index (κ1) is 17.7. The highest BCUT2D eigenvalue weighted by atomic mass is 35.5. The van der Waals surface area contributed by atoms with Crippen LogP contribution >= 0.6 is 11.6 Å². The maximum Gasteiger partial charge on any atom is 0.266 e. The summed E-state index contributed by atoms with van der Waals surface area (Å²) >= 11 is 5.89. The van der Waals surface area contributed by atoms with Gasteiger partial charge in [-0.2, -0.15) is 4.98 Å². The van der Waals surface area contributed by atoms with Gasteiger partial charge in [-0.1, -0.05) is 16.8 Å². The van der Waals surface area contributed by atoms with E-state index in [4.69, 9.17) is 20.9 Å². The Morgan fingerprint density at radius 2 is 2.08 bits per heavy atom. The SMILES string of the molecule is Cc1noc([C@H]2CCCN(C(=O)C(C)(C)Oc3ccc(Cl)cc3)C2)n1. The fourth-order valence-corrected chi connectivity index (χ4v) is 3.19. The van der Waals surface area contributed by atoms with Crippen LogP contribution in [0.1, 0.15) is 44.3 Å². The van der Waals surface area contributed by atoms with E-state index in [1.165, 1.54) is 0 Å². The van der Waals surface area contributed by atoms with Crippen molar-refractivity contribution in [3.8, 4) is 5.75 Å². The number of likely N-dealkylation sites (tertiary alicyclic amines) is 1. The average Bonchev–Trinajstić information content (AvgIpc) is 3.03. The molecule has 1 atom stereocenters. The van der Waals surface area contributed by atoms with Gasteiger partial charge < -0.3 is 14.2 Å². The summed E-state index contributed by atoms with van der Waals surface area (Å²) in [4.78, 5) is 19.1. The van der Waals surface area contributed by atoms with Gasteiger partial charge in [0, 0.05) is 18.1 Å². The summed E-state index contributed by atoms with van der Waals surface area (Å²) in [5.74, 6) is 1.86. The number of benzene rings is 1. The highest BCUT2D eigenvalue weighted by molar-refractivity contribution is 6.30. The summed E-state index contributed by atoms with van der Waals surface area (Å²) in [6, 6.07) is 7.01. The van der Waals surface area contributed by atoms with Crippen LogP contribution in [0.25, 0.3) is 0 Å². The van der Waals surface area contributed by atoms with Crippen LogP contribution in [-0.2, 0) is 4.79 Å². The number of nitrogens with zero attached hydrogens (tertiary/aromatic N) is 3. The van der Waals surface area contributed by atoms with E-state index in [1.54, 1.807) is 45.0 Å². The second kappa shape index (κ2) is 7.04. The van der Waals surface area contributed by atoms with Crippen LogP contribution in [0.3, 0.4) is 0 Å². The largest absolute Gasteiger partial charge is 0.478 e. The number of amides is 1. The van der Waals surface area contributed by atoms with Crippen LogP contribution in [0.2, 0.25) is 5.02 Å². The first-order valence-corrected chi connectivity index (χ1v) is 8.77. The van der Waals surface area contributed by atoms with Crippen molar-refractivity contribution < 1.29 is 14.1 Å². The fraction of sp³-hybridized carbons (Fsp3) is 0.500. The number of halogens is 1. The predicted molar refractivity (Wildman–Crippen MR) is 93.7 cm³/mol. The van der Waals surface area contributed by atoms with Crippen molar-refractivity contribution in [1.29, 1.82) is 0 Å². The molecule has 25 heavy (non-hydrogen) atoms.